The molecular formula is C21H19BrO. The highest BCUT2D eigenvalue weighted by Crippen LogP contribution is 2.24. The Morgan fingerprint density at radius 1 is 0.783 bits per heavy atom. The van der Waals surface area contributed by atoms with Crippen molar-refractivity contribution in [3.8, 4) is 5.75 Å². The fraction of sp³-hybridized carbons (Fsp3) is 0.143. The van der Waals surface area contributed by atoms with Crippen molar-refractivity contribution >= 4 is 15.9 Å². The van der Waals surface area contributed by atoms with E-state index in [0.717, 1.165) is 16.6 Å². The lowest BCUT2D eigenvalue weighted by molar-refractivity contribution is 0.227. The molecule has 0 aliphatic carbocycles. The first kappa shape index (κ1) is 15.8. The van der Waals surface area contributed by atoms with E-state index in [-0.39, 0.29) is 6.10 Å². The Balaban J connectivity index is 1.64. The van der Waals surface area contributed by atoms with Gasteiger partial charge in [-0.3, -0.25) is 0 Å². The van der Waals surface area contributed by atoms with Crippen molar-refractivity contribution in [2.24, 2.45) is 0 Å². The van der Waals surface area contributed by atoms with Gasteiger partial charge in [-0.1, -0.05) is 70.5 Å². The van der Waals surface area contributed by atoms with E-state index >= 15 is 0 Å². The molecule has 2 heteroatoms. The van der Waals surface area contributed by atoms with E-state index in [1.54, 1.807) is 0 Å². The second kappa shape index (κ2) is 7.47. The van der Waals surface area contributed by atoms with Gasteiger partial charge in [-0.05, 0) is 54.3 Å². The molecule has 0 N–H and O–H groups in total. The first-order chi connectivity index (χ1) is 11.2. The summed E-state index contributed by atoms with van der Waals surface area (Å²) in [6, 6.07) is 27.1. The summed E-state index contributed by atoms with van der Waals surface area (Å²) in [6.45, 7) is 2.07. The van der Waals surface area contributed by atoms with Crippen molar-refractivity contribution in [1.29, 1.82) is 0 Å². The summed E-state index contributed by atoms with van der Waals surface area (Å²) in [6.07, 6.45) is 0.978. The molecule has 0 aromatic heterocycles. The van der Waals surface area contributed by atoms with Crippen molar-refractivity contribution in [3.05, 3.63) is 100 Å². The third-order valence-corrected chi connectivity index (χ3v) is 4.36. The third-order valence-electron chi connectivity index (χ3n) is 3.83. The molecule has 0 saturated carbocycles. The molecule has 3 rings (SSSR count). The number of hydrogen-bond acceptors (Lipinski definition) is 1. The number of rotatable bonds is 5. The highest BCUT2D eigenvalue weighted by atomic mass is 79.9. The van der Waals surface area contributed by atoms with Crippen molar-refractivity contribution in [2.75, 3.05) is 0 Å². The average molecular weight is 367 g/mol. The monoisotopic (exact) mass is 366 g/mol. The molecule has 1 atom stereocenters. The number of benzene rings is 3. The molecule has 0 spiro atoms. The van der Waals surface area contributed by atoms with Gasteiger partial charge in [0.1, 0.15) is 11.9 Å². The normalized spacial score (nSPS) is 11.9. The van der Waals surface area contributed by atoms with E-state index in [4.69, 9.17) is 4.74 Å². The number of hydrogen-bond donors (Lipinski definition) is 0. The second-order valence-corrected chi connectivity index (χ2v) is 6.53. The number of halogens is 1. The molecule has 0 amide bonds. The molecule has 116 valence electrons. The summed E-state index contributed by atoms with van der Waals surface area (Å²) in [4.78, 5) is 0. The van der Waals surface area contributed by atoms with Gasteiger partial charge in [0, 0.05) is 4.47 Å². The van der Waals surface area contributed by atoms with E-state index in [0.29, 0.717) is 0 Å². The highest BCUT2D eigenvalue weighted by Gasteiger charge is 2.07. The zero-order valence-electron chi connectivity index (χ0n) is 13.1. The summed E-state index contributed by atoms with van der Waals surface area (Å²) >= 11 is 3.46. The Kier molecular flexibility index (Phi) is 5.14. The second-order valence-electron chi connectivity index (χ2n) is 5.62. The first-order valence-corrected chi connectivity index (χ1v) is 8.55. The lowest BCUT2D eigenvalue weighted by Crippen LogP contribution is -2.02. The lowest BCUT2D eigenvalue weighted by atomic mass is 10.1. The molecule has 3 aromatic carbocycles. The lowest BCUT2D eigenvalue weighted by Gasteiger charge is -2.15. The Bertz CT molecular complexity index is 733. The minimum atomic E-state index is 0.0306. The summed E-state index contributed by atoms with van der Waals surface area (Å²) in [5.74, 6) is 0.900. The fourth-order valence-corrected chi connectivity index (χ4v) is 2.79. The fourth-order valence-electron chi connectivity index (χ4n) is 2.52. The first-order valence-electron chi connectivity index (χ1n) is 7.76. The van der Waals surface area contributed by atoms with E-state index in [2.05, 4.69) is 71.4 Å². The predicted molar refractivity (Wildman–Crippen MR) is 98.9 cm³/mol. The molecule has 3 aromatic rings. The molecule has 0 aliphatic rings. The summed E-state index contributed by atoms with van der Waals surface area (Å²) in [5.41, 5.74) is 3.78. The van der Waals surface area contributed by atoms with Gasteiger partial charge in [-0.15, -0.1) is 0 Å². The standard InChI is InChI=1S/C21H19BrO/c1-16(19-9-11-20(22)12-10-19)23-21-13-7-18(8-14-21)15-17-5-3-2-4-6-17/h2-14,16H,15H2,1H3. The molecule has 0 heterocycles. The Labute approximate surface area is 146 Å². The minimum Gasteiger partial charge on any atom is -0.486 e. The predicted octanol–water partition coefficient (Wildman–Crippen LogP) is 6.18. The minimum absolute atomic E-state index is 0.0306. The van der Waals surface area contributed by atoms with Crippen LogP contribution in [0.1, 0.15) is 29.7 Å². The molecule has 0 saturated heterocycles. The van der Waals surface area contributed by atoms with Crippen LogP contribution in [-0.2, 0) is 6.42 Å². The smallest absolute Gasteiger partial charge is 0.121 e. The summed E-state index contributed by atoms with van der Waals surface area (Å²) in [5, 5.41) is 0. The van der Waals surface area contributed by atoms with Crippen LogP contribution in [0.2, 0.25) is 0 Å². The number of ether oxygens (including phenoxy) is 1. The largest absolute Gasteiger partial charge is 0.486 e. The molecular weight excluding hydrogens is 348 g/mol. The maximum absolute atomic E-state index is 6.03. The van der Waals surface area contributed by atoms with Crippen molar-refractivity contribution in [2.45, 2.75) is 19.4 Å². The molecule has 1 nitrogen and oxygen atoms in total. The van der Waals surface area contributed by atoms with Crippen LogP contribution >= 0.6 is 15.9 Å². The van der Waals surface area contributed by atoms with Crippen molar-refractivity contribution in [3.63, 3.8) is 0 Å². The Morgan fingerprint density at radius 2 is 1.39 bits per heavy atom. The van der Waals surface area contributed by atoms with Gasteiger partial charge in [0.2, 0.25) is 0 Å². The molecule has 23 heavy (non-hydrogen) atoms. The zero-order chi connectivity index (χ0) is 16.1. The third kappa shape index (κ3) is 4.46. The van der Waals surface area contributed by atoms with Crippen molar-refractivity contribution < 1.29 is 4.74 Å². The van der Waals surface area contributed by atoms with Gasteiger partial charge in [-0.2, -0.15) is 0 Å². The Hall–Kier alpha value is -2.06. The van der Waals surface area contributed by atoms with Gasteiger partial charge in [0.15, 0.2) is 0 Å². The average Bonchev–Trinajstić information content (AvgIpc) is 2.58. The molecule has 0 fully saturated rings. The van der Waals surface area contributed by atoms with Crippen LogP contribution in [0.15, 0.2) is 83.3 Å². The SMILES string of the molecule is CC(Oc1ccc(Cc2ccccc2)cc1)c1ccc(Br)cc1. The van der Waals surface area contributed by atoms with E-state index in [1.807, 2.05) is 30.3 Å². The van der Waals surface area contributed by atoms with Gasteiger partial charge >= 0.3 is 0 Å². The van der Waals surface area contributed by atoms with Crippen LogP contribution < -0.4 is 4.74 Å². The van der Waals surface area contributed by atoms with Crippen LogP contribution in [0.5, 0.6) is 5.75 Å². The highest BCUT2D eigenvalue weighted by molar-refractivity contribution is 9.10. The van der Waals surface area contributed by atoms with E-state index in [9.17, 15) is 0 Å². The molecule has 1 unspecified atom stereocenters. The maximum atomic E-state index is 6.03. The van der Waals surface area contributed by atoms with Gasteiger partial charge in [0.25, 0.3) is 0 Å². The van der Waals surface area contributed by atoms with Crippen LogP contribution in [0.3, 0.4) is 0 Å². The van der Waals surface area contributed by atoms with Gasteiger partial charge < -0.3 is 4.74 Å². The van der Waals surface area contributed by atoms with Gasteiger partial charge in [-0.25, -0.2) is 0 Å². The summed E-state index contributed by atoms with van der Waals surface area (Å²) in [7, 11) is 0. The maximum Gasteiger partial charge on any atom is 0.121 e. The van der Waals surface area contributed by atoms with Gasteiger partial charge in [0.05, 0.1) is 0 Å². The molecule has 0 radical (unpaired) electrons. The van der Waals surface area contributed by atoms with Crippen LogP contribution in [-0.4, -0.2) is 0 Å². The van der Waals surface area contributed by atoms with Crippen LogP contribution in [0, 0.1) is 0 Å². The quantitative estimate of drug-likeness (QED) is 0.523. The van der Waals surface area contributed by atoms with Crippen LogP contribution in [0.4, 0.5) is 0 Å². The van der Waals surface area contributed by atoms with E-state index < -0.39 is 0 Å². The Morgan fingerprint density at radius 3 is 2.04 bits per heavy atom. The molecule has 0 bridgehead atoms. The summed E-state index contributed by atoms with van der Waals surface area (Å²) < 4.78 is 7.11. The van der Waals surface area contributed by atoms with Crippen molar-refractivity contribution in [1.82, 2.24) is 0 Å². The zero-order valence-corrected chi connectivity index (χ0v) is 14.7. The van der Waals surface area contributed by atoms with E-state index in [1.165, 1.54) is 16.7 Å². The topological polar surface area (TPSA) is 9.23 Å². The van der Waals surface area contributed by atoms with Crippen LogP contribution in [0.25, 0.3) is 0 Å². The molecule has 0 aliphatic heterocycles.